The average molecular weight is 266 g/mol. The zero-order chi connectivity index (χ0) is 14.9. The van der Waals surface area contributed by atoms with E-state index in [1.54, 1.807) is 0 Å². The van der Waals surface area contributed by atoms with Crippen molar-refractivity contribution in [3.8, 4) is 17.2 Å². The lowest BCUT2D eigenvalue weighted by Crippen LogP contribution is -2.22. The molecule has 2 aromatic rings. The van der Waals surface area contributed by atoms with Gasteiger partial charge >= 0.3 is 0 Å². The van der Waals surface area contributed by atoms with E-state index in [2.05, 4.69) is 4.98 Å². The summed E-state index contributed by atoms with van der Waals surface area (Å²) in [6.07, 6.45) is 0. The molecule has 0 aliphatic heterocycles. The van der Waals surface area contributed by atoms with E-state index in [0.29, 0.717) is 5.56 Å². The SMILES string of the molecule is Cc1ccc(-c2cc(C(C)(C)C)[nH]c(=O)c2C#N)cc1. The number of aromatic nitrogens is 1. The lowest BCUT2D eigenvalue weighted by atomic mass is 9.88. The molecule has 1 aromatic heterocycles. The van der Waals surface area contributed by atoms with Crippen LogP contribution >= 0.6 is 0 Å². The molecule has 102 valence electrons. The van der Waals surface area contributed by atoms with Crippen LogP contribution in [0.15, 0.2) is 35.1 Å². The highest BCUT2D eigenvalue weighted by molar-refractivity contribution is 5.70. The summed E-state index contributed by atoms with van der Waals surface area (Å²) in [5.41, 5.74) is 3.24. The first-order valence-electron chi connectivity index (χ1n) is 6.58. The van der Waals surface area contributed by atoms with Gasteiger partial charge in [0, 0.05) is 16.7 Å². The van der Waals surface area contributed by atoms with Gasteiger partial charge in [-0.3, -0.25) is 4.79 Å². The third-order valence-electron chi connectivity index (χ3n) is 3.32. The molecular formula is C17H18N2O. The molecule has 3 nitrogen and oxygen atoms in total. The smallest absolute Gasteiger partial charge is 0.266 e. The van der Waals surface area contributed by atoms with E-state index in [0.717, 1.165) is 16.8 Å². The van der Waals surface area contributed by atoms with E-state index in [9.17, 15) is 10.1 Å². The summed E-state index contributed by atoms with van der Waals surface area (Å²) >= 11 is 0. The van der Waals surface area contributed by atoms with Crippen molar-refractivity contribution in [1.82, 2.24) is 4.98 Å². The Morgan fingerprint density at radius 3 is 2.25 bits per heavy atom. The number of aromatic amines is 1. The van der Waals surface area contributed by atoms with Crippen LogP contribution in [0.5, 0.6) is 0 Å². The topological polar surface area (TPSA) is 56.6 Å². The molecular weight excluding hydrogens is 248 g/mol. The Kier molecular flexibility index (Phi) is 3.50. The van der Waals surface area contributed by atoms with Gasteiger partial charge in [-0.15, -0.1) is 0 Å². The van der Waals surface area contributed by atoms with Gasteiger partial charge in [0.05, 0.1) is 0 Å². The Bertz CT molecular complexity index is 726. The number of aryl methyl sites for hydroxylation is 1. The number of pyridine rings is 1. The fourth-order valence-electron chi connectivity index (χ4n) is 2.04. The van der Waals surface area contributed by atoms with Crippen molar-refractivity contribution >= 4 is 0 Å². The molecule has 2 rings (SSSR count). The predicted octanol–water partition coefficient (Wildman–Crippen LogP) is 3.52. The Balaban J connectivity index is 2.74. The standard InChI is InChI=1S/C17H18N2O/c1-11-5-7-12(8-6-11)13-9-15(17(2,3)4)19-16(20)14(13)10-18/h5-9H,1-4H3,(H,19,20). The summed E-state index contributed by atoms with van der Waals surface area (Å²) in [6, 6.07) is 11.8. The third-order valence-corrected chi connectivity index (χ3v) is 3.32. The summed E-state index contributed by atoms with van der Waals surface area (Å²) in [5.74, 6) is 0. The van der Waals surface area contributed by atoms with Crippen molar-refractivity contribution in [2.75, 3.05) is 0 Å². The van der Waals surface area contributed by atoms with Gasteiger partial charge in [0.2, 0.25) is 0 Å². The first-order chi connectivity index (χ1) is 9.32. The van der Waals surface area contributed by atoms with Gasteiger partial charge in [0.15, 0.2) is 0 Å². The van der Waals surface area contributed by atoms with Crippen LogP contribution in [0.4, 0.5) is 0 Å². The maximum absolute atomic E-state index is 12.1. The van der Waals surface area contributed by atoms with E-state index in [4.69, 9.17) is 0 Å². The molecule has 0 saturated carbocycles. The first-order valence-corrected chi connectivity index (χ1v) is 6.58. The largest absolute Gasteiger partial charge is 0.325 e. The van der Waals surface area contributed by atoms with E-state index in [1.165, 1.54) is 0 Å². The number of hydrogen-bond donors (Lipinski definition) is 1. The molecule has 20 heavy (non-hydrogen) atoms. The first kappa shape index (κ1) is 14.1. The van der Waals surface area contributed by atoms with Gasteiger partial charge in [0.1, 0.15) is 11.6 Å². The Hall–Kier alpha value is -2.34. The zero-order valence-corrected chi connectivity index (χ0v) is 12.2. The predicted molar refractivity (Wildman–Crippen MR) is 80.7 cm³/mol. The second-order valence-corrected chi connectivity index (χ2v) is 6.03. The molecule has 0 saturated heterocycles. The fourth-order valence-corrected chi connectivity index (χ4v) is 2.04. The summed E-state index contributed by atoms with van der Waals surface area (Å²) in [4.78, 5) is 14.9. The summed E-state index contributed by atoms with van der Waals surface area (Å²) in [7, 11) is 0. The molecule has 0 spiro atoms. The molecule has 1 N–H and O–H groups in total. The molecule has 0 radical (unpaired) electrons. The highest BCUT2D eigenvalue weighted by atomic mass is 16.1. The average Bonchev–Trinajstić information content (AvgIpc) is 2.37. The quantitative estimate of drug-likeness (QED) is 0.858. The molecule has 0 atom stereocenters. The highest BCUT2D eigenvalue weighted by Crippen LogP contribution is 2.27. The molecule has 1 heterocycles. The monoisotopic (exact) mass is 266 g/mol. The summed E-state index contributed by atoms with van der Waals surface area (Å²) in [5, 5.41) is 9.24. The number of benzene rings is 1. The molecule has 0 aliphatic carbocycles. The Labute approximate surface area is 118 Å². The van der Waals surface area contributed by atoms with Crippen LogP contribution in [0, 0.1) is 18.3 Å². The maximum atomic E-state index is 12.1. The van der Waals surface area contributed by atoms with Crippen LogP contribution in [0.1, 0.15) is 37.6 Å². The van der Waals surface area contributed by atoms with E-state index in [1.807, 2.05) is 64.1 Å². The number of hydrogen-bond acceptors (Lipinski definition) is 2. The molecule has 0 aliphatic rings. The zero-order valence-electron chi connectivity index (χ0n) is 12.2. The molecule has 0 amide bonds. The van der Waals surface area contributed by atoms with E-state index < -0.39 is 0 Å². The molecule has 0 bridgehead atoms. The second-order valence-electron chi connectivity index (χ2n) is 6.03. The van der Waals surface area contributed by atoms with Crippen molar-refractivity contribution in [3.05, 3.63) is 57.5 Å². The van der Waals surface area contributed by atoms with E-state index in [-0.39, 0.29) is 16.5 Å². The summed E-state index contributed by atoms with van der Waals surface area (Å²) in [6.45, 7) is 8.10. The minimum Gasteiger partial charge on any atom is -0.325 e. The van der Waals surface area contributed by atoms with E-state index >= 15 is 0 Å². The highest BCUT2D eigenvalue weighted by Gasteiger charge is 2.19. The van der Waals surface area contributed by atoms with Crippen molar-refractivity contribution < 1.29 is 0 Å². The van der Waals surface area contributed by atoms with Gasteiger partial charge in [-0.1, -0.05) is 50.6 Å². The lowest BCUT2D eigenvalue weighted by molar-refractivity contribution is 0.567. The molecule has 1 aromatic carbocycles. The molecule has 0 fully saturated rings. The molecule has 3 heteroatoms. The Morgan fingerprint density at radius 2 is 1.75 bits per heavy atom. The lowest BCUT2D eigenvalue weighted by Gasteiger charge is -2.19. The maximum Gasteiger partial charge on any atom is 0.266 e. The molecule has 0 unspecified atom stereocenters. The second kappa shape index (κ2) is 4.97. The fraction of sp³-hybridized carbons (Fsp3) is 0.294. The van der Waals surface area contributed by atoms with Gasteiger partial charge in [-0.2, -0.15) is 5.26 Å². The number of nitrogens with zero attached hydrogens (tertiary/aromatic N) is 1. The summed E-state index contributed by atoms with van der Waals surface area (Å²) < 4.78 is 0. The number of nitriles is 1. The number of rotatable bonds is 1. The van der Waals surface area contributed by atoms with Crippen molar-refractivity contribution in [2.24, 2.45) is 0 Å². The van der Waals surface area contributed by atoms with Crippen molar-refractivity contribution in [2.45, 2.75) is 33.1 Å². The normalized spacial score (nSPS) is 11.2. The van der Waals surface area contributed by atoms with Crippen LogP contribution in [0.2, 0.25) is 0 Å². The van der Waals surface area contributed by atoms with Crippen LogP contribution in [-0.2, 0) is 5.41 Å². The van der Waals surface area contributed by atoms with Gasteiger partial charge in [-0.05, 0) is 18.6 Å². The van der Waals surface area contributed by atoms with Crippen LogP contribution in [-0.4, -0.2) is 4.98 Å². The Morgan fingerprint density at radius 1 is 1.15 bits per heavy atom. The third kappa shape index (κ3) is 2.65. The minimum absolute atomic E-state index is 0.168. The van der Waals surface area contributed by atoms with Crippen LogP contribution in [0.3, 0.4) is 0 Å². The minimum atomic E-state index is -0.324. The van der Waals surface area contributed by atoms with Gasteiger partial charge < -0.3 is 4.98 Å². The van der Waals surface area contributed by atoms with Crippen molar-refractivity contribution in [1.29, 1.82) is 5.26 Å². The number of H-pyrrole nitrogens is 1. The van der Waals surface area contributed by atoms with Crippen molar-refractivity contribution in [3.63, 3.8) is 0 Å². The van der Waals surface area contributed by atoms with Gasteiger partial charge in [0.25, 0.3) is 5.56 Å². The van der Waals surface area contributed by atoms with Crippen LogP contribution in [0.25, 0.3) is 11.1 Å². The number of nitrogens with one attached hydrogen (secondary N) is 1. The van der Waals surface area contributed by atoms with Crippen LogP contribution < -0.4 is 5.56 Å². The van der Waals surface area contributed by atoms with Gasteiger partial charge in [-0.25, -0.2) is 0 Å².